The van der Waals surface area contributed by atoms with Crippen LogP contribution in [0.3, 0.4) is 0 Å². The molecule has 1 aliphatic rings. The lowest BCUT2D eigenvalue weighted by Gasteiger charge is -2.06. The number of aryl methyl sites for hydroxylation is 2. The molecule has 0 radical (unpaired) electrons. The van der Waals surface area contributed by atoms with Gasteiger partial charge in [-0.15, -0.1) is 11.3 Å². The van der Waals surface area contributed by atoms with E-state index in [9.17, 15) is 4.79 Å². The van der Waals surface area contributed by atoms with Gasteiger partial charge in [0.25, 0.3) is 5.56 Å². The third-order valence-corrected chi connectivity index (χ3v) is 5.63. The second-order valence-corrected chi connectivity index (χ2v) is 7.34. The van der Waals surface area contributed by atoms with Crippen LogP contribution in [0.1, 0.15) is 22.4 Å². The standard InChI is InChI=1S/C16H13BrN2OS/c17-11-4-1-3-10(7-11)8-19-9-18-15-14(16(19)20)12-5-2-6-13(12)21-15/h1,3-4,7,9H,2,5-6,8H2. The SMILES string of the molecule is O=c1c2c3c(sc2ncn1Cc1cccc(Br)c1)CCC3. The zero-order valence-corrected chi connectivity index (χ0v) is 13.7. The molecule has 0 atom stereocenters. The molecule has 0 aliphatic heterocycles. The Morgan fingerprint density at radius 1 is 1.33 bits per heavy atom. The predicted molar refractivity (Wildman–Crippen MR) is 89.1 cm³/mol. The molecule has 5 heteroatoms. The highest BCUT2D eigenvalue weighted by molar-refractivity contribution is 9.10. The molecule has 21 heavy (non-hydrogen) atoms. The van der Waals surface area contributed by atoms with Crippen LogP contribution in [0, 0.1) is 0 Å². The van der Waals surface area contributed by atoms with E-state index < -0.39 is 0 Å². The van der Waals surface area contributed by atoms with E-state index in [1.54, 1.807) is 22.2 Å². The predicted octanol–water partition coefficient (Wildman–Crippen LogP) is 3.76. The van der Waals surface area contributed by atoms with E-state index in [1.807, 2.05) is 24.3 Å². The minimum atomic E-state index is 0.0966. The van der Waals surface area contributed by atoms with Crippen LogP contribution in [-0.4, -0.2) is 9.55 Å². The monoisotopic (exact) mass is 360 g/mol. The van der Waals surface area contributed by atoms with Crippen molar-refractivity contribution in [1.82, 2.24) is 9.55 Å². The third-order valence-electron chi connectivity index (χ3n) is 3.93. The summed E-state index contributed by atoms with van der Waals surface area (Å²) in [7, 11) is 0. The second-order valence-electron chi connectivity index (χ2n) is 5.35. The van der Waals surface area contributed by atoms with Gasteiger partial charge in [-0.1, -0.05) is 28.1 Å². The van der Waals surface area contributed by atoms with Crippen molar-refractivity contribution in [1.29, 1.82) is 0 Å². The van der Waals surface area contributed by atoms with Gasteiger partial charge < -0.3 is 0 Å². The van der Waals surface area contributed by atoms with Crippen LogP contribution in [0.25, 0.3) is 10.2 Å². The van der Waals surface area contributed by atoms with Gasteiger partial charge in [-0.3, -0.25) is 9.36 Å². The van der Waals surface area contributed by atoms with Gasteiger partial charge >= 0.3 is 0 Å². The van der Waals surface area contributed by atoms with Crippen LogP contribution in [0.2, 0.25) is 0 Å². The number of thiophene rings is 1. The molecule has 2 heterocycles. The fourth-order valence-corrected chi connectivity index (χ4v) is 4.63. The molecule has 1 aromatic carbocycles. The Hall–Kier alpha value is -1.46. The number of fused-ring (bicyclic) bond motifs is 3. The number of hydrogen-bond donors (Lipinski definition) is 0. The molecule has 3 nitrogen and oxygen atoms in total. The van der Waals surface area contributed by atoms with Crippen molar-refractivity contribution in [2.45, 2.75) is 25.8 Å². The molecule has 4 rings (SSSR count). The molecule has 0 fully saturated rings. The summed E-state index contributed by atoms with van der Waals surface area (Å²) in [5.74, 6) is 0. The Morgan fingerprint density at radius 3 is 3.10 bits per heavy atom. The minimum Gasteiger partial charge on any atom is -0.294 e. The van der Waals surface area contributed by atoms with Gasteiger partial charge in [0.2, 0.25) is 0 Å². The minimum absolute atomic E-state index is 0.0966. The molecule has 0 spiro atoms. The summed E-state index contributed by atoms with van der Waals surface area (Å²) < 4.78 is 2.74. The molecule has 0 amide bonds. The maximum absolute atomic E-state index is 12.8. The van der Waals surface area contributed by atoms with E-state index in [0.29, 0.717) is 6.54 Å². The highest BCUT2D eigenvalue weighted by atomic mass is 79.9. The second kappa shape index (κ2) is 5.07. The first-order valence-electron chi connectivity index (χ1n) is 6.96. The van der Waals surface area contributed by atoms with Crippen LogP contribution in [-0.2, 0) is 19.4 Å². The summed E-state index contributed by atoms with van der Waals surface area (Å²) in [4.78, 5) is 19.5. The molecule has 0 saturated heterocycles. The van der Waals surface area contributed by atoms with Crippen molar-refractivity contribution < 1.29 is 0 Å². The topological polar surface area (TPSA) is 34.9 Å². The molecule has 2 aromatic heterocycles. The number of hydrogen-bond acceptors (Lipinski definition) is 3. The Labute approximate surface area is 134 Å². The van der Waals surface area contributed by atoms with Gasteiger partial charge in [0, 0.05) is 9.35 Å². The number of aromatic nitrogens is 2. The summed E-state index contributed by atoms with van der Waals surface area (Å²) in [6, 6.07) is 8.03. The largest absolute Gasteiger partial charge is 0.294 e. The molecular weight excluding hydrogens is 348 g/mol. The molecule has 0 saturated carbocycles. The van der Waals surface area contributed by atoms with E-state index in [-0.39, 0.29) is 5.56 Å². The first kappa shape index (κ1) is 13.2. The first-order chi connectivity index (χ1) is 10.2. The fourth-order valence-electron chi connectivity index (χ4n) is 2.96. The van der Waals surface area contributed by atoms with Crippen molar-refractivity contribution in [3.05, 3.63) is 61.4 Å². The van der Waals surface area contributed by atoms with E-state index in [0.717, 1.165) is 39.5 Å². The smallest absolute Gasteiger partial charge is 0.262 e. The molecule has 0 bridgehead atoms. The number of nitrogens with zero attached hydrogens (tertiary/aromatic N) is 2. The zero-order chi connectivity index (χ0) is 14.4. The lowest BCUT2D eigenvalue weighted by molar-refractivity contribution is 0.748. The zero-order valence-electron chi connectivity index (χ0n) is 11.3. The van der Waals surface area contributed by atoms with Gasteiger partial charge in [-0.05, 0) is 42.5 Å². The van der Waals surface area contributed by atoms with Gasteiger partial charge in [-0.2, -0.15) is 0 Å². The van der Waals surface area contributed by atoms with Crippen molar-refractivity contribution in [2.24, 2.45) is 0 Å². The van der Waals surface area contributed by atoms with Gasteiger partial charge in [-0.25, -0.2) is 4.98 Å². The fraction of sp³-hybridized carbons (Fsp3) is 0.250. The van der Waals surface area contributed by atoms with Gasteiger partial charge in [0.1, 0.15) is 4.83 Å². The van der Waals surface area contributed by atoms with Crippen LogP contribution in [0.15, 0.2) is 39.9 Å². The Balaban J connectivity index is 1.83. The number of rotatable bonds is 2. The highest BCUT2D eigenvalue weighted by Crippen LogP contribution is 2.34. The van der Waals surface area contributed by atoms with Crippen LogP contribution in [0.4, 0.5) is 0 Å². The van der Waals surface area contributed by atoms with E-state index >= 15 is 0 Å². The molecule has 0 N–H and O–H groups in total. The van der Waals surface area contributed by atoms with Crippen molar-refractivity contribution in [2.75, 3.05) is 0 Å². The summed E-state index contributed by atoms with van der Waals surface area (Å²) in [5.41, 5.74) is 2.44. The molecule has 1 aliphatic carbocycles. The maximum Gasteiger partial charge on any atom is 0.262 e. The normalized spacial score (nSPS) is 13.8. The third kappa shape index (κ3) is 2.24. The van der Waals surface area contributed by atoms with Crippen LogP contribution in [0.5, 0.6) is 0 Å². The molecule has 3 aromatic rings. The number of benzene rings is 1. The summed E-state index contributed by atoms with van der Waals surface area (Å²) >= 11 is 5.15. The first-order valence-corrected chi connectivity index (χ1v) is 8.57. The van der Waals surface area contributed by atoms with Crippen LogP contribution >= 0.6 is 27.3 Å². The van der Waals surface area contributed by atoms with E-state index in [4.69, 9.17) is 0 Å². The average molecular weight is 361 g/mol. The van der Waals surface area contributed by atoms with Crippen molar-refractivity contribution in [3.8, 4) is 0 Å². The van der Waals surface area contributed by atoms with E-state index in [2.05, 4.69) is 20.9 Å². The highest BCUT2D eigenvalue weighted by Gasteiger charge is 2.21. The summed E-state index contributed by atoms with van der Waals surface area (Å²) in [6.07, 6.45) is 4.96. The number of halogens is 1. The summed E-state index contributed by atoms with van der Waals surface area (Å²) in [5, 5.41) is 0.852. The van der Waals surface area contributed by atoms with Gasteiger partial charge in [0.05, 0.1) is 18.3 Å². The molecular formula is C16H13BrN2OS. The lowest BCUT2D eigenvalue weighted by atomic mass is 10.2. The van der Waals surface area contributed by atoms with Crippen molar-refractivity contribution >= 4 is 37.5 Å². The lowest BCUT2D eigenvalue weighted by Crippen LogP contribution is -2.21. The summed E-state index contributed by atoms with van der Waals surface area (Å²) in [6.45, 7) is 0.561. The maximum atomic E-state index is 12.8. The van der Waals surface area contributed by atoms with Crippen LogP contribution < -0.4 is 5.56 Å². The Morgan fingerprint density at radius 2 is 2.24 bits per heavy atom. The molecule has 106 valence electrons. The Kier molecular flexibility index (Phi) is 3.19. The van der Waals surface area contributed by atoms with Crippen molar-refractivity contribution in [3.63, 3.8) is 0 Å². The van der Waals surface area contributed by atoms with E-state index in [1.165, 1.54) is 10.4 Å². The Bertz CT molecular complexity index is 897. The molecule has 0 unspecified atom stereocenters. The average Bonchev–Trinajstić information content (AvgIpc) is 3.02. The quantitative estimate of drug-likeness (QED) is 0.697. The van der Waals surface area contributed by atoms with Gasteiger partial charge in [0.15, 0.2) is 0 Å².